The summed E-state index contributed by atoms with van der Waals surface area (Å²) in [6.07, 6.45) is 12.4. The Morgan fingerprint density at radius 2 is 1.54 bits per heavy atom. The van der Waals surface area contributed by atoms with Crippen molar-refractivity contribution >= 4 is 11.6 Å². The molecule has 1 amide bonds. The summed E-state index contributed by atoms with van der Waals surface area (Å²) in [5.41, 5.74) is 11.4. The van der Waals surface area contributed by atoms with Gasteiger partial charge in [-0.15, -0.1) is 0 Å². The molecule has 5 nitrogen and oxygen atoms in total. The summed E-state index contributed by atoms with van der Waals surface area (Å²) < 4.78 is 0. The maximum Gasteiger partial charge on any atom is 0.269 e. The first-order chi connectivity index (χ1) is 11.7. The standard InChI is InChI=1S/C19H36N4O/c1-4-7-10-13-16-17(14-11-8-5-2)23(15-12-9-6-3)22-21-18(16)19(20)24/h22H,4-15H2,1-3H3,(H2,20,24). The second-order valence-electron chi connectivity index (χ2n) is 6.62. The van der Waals surface area contributed by atoms with Gasteiger partial charge in [0.15, 0.2) is 5.71 Å². The van der Waals surface area contributed by atoms with E-state index in [4.69, 9.17) is 5.73 Å². The van der Waals surface area contributed by atoms with Crippen molar-refractivity contribution in [2.24, 2.45) is 10.8 Å². The fraction of sp³-hybridized carbons (Fsp3) is 0.789. The maximum absolute atomic E-state index is 11.8. The summed E-state index contributed by atoms with van der Waals surface area (Å²) in [6.45, 7) is 7.55. The first-order valence-corrected chi connectivity index (χ1v) is 9.78. The Hall–Kier alpha value is -1.52. The van der Waals surface area contributed by atoms with Gasteiger partial charge in [-0.2, -0.15) is 5.10 Å². The van der Waals surface area contributed by atoms with E-state index in [9.17, 15) is 4.79 Å². The Morgan fingerprint density at radius 3 is 2.12 bits per heavy atom. The van der Waals surface area contributed by atoms with Crippen molar-refractivity contribution in [3.05, 3.63) is 11.3 Å². The van der Waals surface area contributed by atoms with Crippen molar-refractivity contribution in [2.75, 3.05) is 6.54 Å². The van der Waals surface area contributed by atoms with Crippen LogP contribution in [-0.2, 0) is 4.79 Å². The summed E-state index contributed by atoms with van der Waals surface area (Å²) in [7, 11) is 0. The summed E-state index contributed by atoms with van der Waals surface area (Å²) >= 11 is 0. The quantitative estimate of drug-likeness (QED) is 0.494. The topological polar surface area (TPSA) is 70.7 Å². The lowest BCUT2D eigenvalue weighted by Crippen LogP contribution is -2.43. The highest BCUT2D eigenvalue weighted by molar-refractivity contribution is 6.45. The van der Waals surface area contributed by atoms with Gasteiger partial charge in [0.1, 0.15) is 0 Å². The van der Waals surface area contributed by atoms with Crippen LogP contribution in [0.3, 0.4) is 0 Å². The minimum absolute atomic E-state index is 0.421. The minimum Gasteiger partial charge on any atom is -0.364 e. The first-order valence-electron chi connectivity index (χ1n) is 9.78. The molecule has 0 saturated heterocycles. The molecule has 0 saturated carbocycles. The van der Waals surface area contributed by atoms with Crippen LogP contribution in [0.1, 0.15) is 91.4 Å². The van der Waals surface area contributed by atoms with Crippen LogP contribution in [-0.4, -0.2) is 23.2 Å². The van der Waals surface area contributed by atoms with Crippen molar-refractivity contribution < 1.29 is 4.79 Å². The van der Waals surface area contributed by atoms with Gasteiger partial charge in [-0.25, -0.2) is 5.53 Å². The molecule has 0 atom stereocenters. The molecular weight excluding hydrogens is 300 g/mol. The van der Waals surface area contributed by atoms with Crippen LogP contribution in [0.4, 0.5) is 0 Å². The van der Waals surface area contributed by atoms with Crippen LogP contribution in [0.5, 0.6) is 0 Å². The van der Waals surface area contributed by atoms with E-state index in [-0.39, 0.29) is 0 Å². The van der Waals surface area contributed by atoms with Gasteiger partial charge < -0.3 is 5.73 Å². The molecule has 0 aromatic rings. The fourth-order valence-corrected chi connectivity index (χ4v) is 3.09. The second kappa shape index (κ2) is 11.9. The Labute approximate surface area is 147 Å². The van der Waals surface area contributed by atoms with E-state index in [0.717, 1.165) is 44.2 Å². The number of nitrogens with zero attached hydrogens (tertiary/aromatic N) is 2. The van der Waals surface area contributed by atoms with Gasteiger partial charge in [-0.3, -0.25) is 9.80 Å². The Balaban J connectivity index is 2.97. The van der Waals surface area contributed by atoms with Gasteiger partial charge in [-0.05, 0) is 32.1 Å². The summed E-state index contributed by atoms with van der Waals surface area (Å²) in [5, 5.41) is 6.44. The smallest absolute Gasteiger partial charge is 0.269 e. The van der Waals surface area contributed by atoms with Gasteiger partial charge in [0.2, 0.25) is 0 Å². The zero-order chi connectivity index (χ0) is 17.8. The van der Waals surface area contributed by atoms with Crippen LogP contribution in [0, 0.1) is 0 Å². The molecule has 1 aliphatic rings. The third-order valence-corrected chi connectivity index (χ3v) is 4.51. The van der Waals surface area contributed by atoms with E-state index >= 15 is 0 Å². The monoisotopic (exact) mass is 336 g/mol. The number of rotatable bonds is 13. The molecule has 5 heteroatoms. The molecule has 0 radical (unpaired) electrons. The van der Waals surface area contributed by atoms with Gasteiger partial charge >= 0.3 is 0 Å². The number of amides is 1. The zero-order valence-corrected chi connectivity index (χ0v) is 15.9. The Bertz CT molecular complexity index is 443. The molecule has 24 heavy (non-hydrogen) atoms. The molecule has 0 unspecified atom stereocenters. The highest BCUT2D eigenvalue weighted by Crippen LogP contribution is 2.25. The van der Waals surface area contributed by atoms with E-state index in [1.54, 1.807) is 0 Å². The average Bonchev–Trinajstić information content (AvgIpc) is 2.57. The molecule has 3 N–H and O–H groups in total. The molecule has 0 spiro atoms. The number of nitrogens with one attached hydrogen (secondary N) is 1. The minimum atomic E-state index is -0.421. The molecule has 0 aliphatic carbocycles. The molecular formula is C19H36N4O. The molecule has 1 aliphatic heterocycles. The van der Waals surface area contributed by atoms with E-state index in [1.807, 2.05) is 0 Å². The van der Waals surface area contributed by atoms with Crippen molar-refractivity contribution in [3.8, 4) is 0 Å². The molecule has 1 heterocycles. The van der Waals surface area contributed by atoms with Crippen LogP contribution in [0.2, 0.25) is 0 Å². The Kier molecular flexibility index (Phi) is 10.2. The highest BCUT2D eigenvalue weighted by atomic mass is 16.1. The molecule has 0 aromatic carbocycles. The van der Waals surface area contributed by atoms with E-state index < -0.39 is 5.91 Å². The second-order valence-corrected chi connectivity index (χ2v) is 6.62. The third-order valence-electron chi connectivity index (χ3n) is 4.51. The third kappa shape index (κ3) is 6.54. The number of carbonyl (C=O) groups is 1. The summed E-state index contributed by atoms with van der Waals surface area (Å²) in [6, 6.07) is 0. The van der Waals surface area contributed by atoms with Crippen LogP contribution in [0.25, 0.3) is 0 Å². The molecule has 138 valence electrons. The van der Waals surface area contributed by atoms with Crippen LogP contribution >= 0.6 is 0 Å². The molecule has 0 fully saturated rings. The predicted octanol–water partition coefficient (Wildman–Crippen LogP) is 4.25. The number of carbonyl (C=O) groups excluding carboxylic acids is 1. The van der Waals surface area contributed by atoms with Gasteiger partial charge in [0, 0.05) is 17.8 Å². The maximum atomic E-state index is 11.8. The fourth-order valence-electron chi connectivity index (χ4n) is 3.09. The number of primary amides is 1. The predicted molar refractivity (Wildman–Crippen MR) is 101 cm³/mol. The molecule has 0 bridgehead atoms. The summed E-state index contributed by atoms with van der Waals surface area (Å²) in [5.74, 6) is -0.421. The number of unbranched alkanes of at least 4 members (excludes halogenated alkanes) is 6. The van der Waals surface area contributed by atoms with Crippen molar-refractivity contribution in [1.82, 2.24) is 10.5 Å². The highest BCUT2D eigenvalue weighted by Gasteiger charge is 2.25. The molecule has 1 rings (SSSR count). The number of allylic oxidation sites excluding steroid dienone is 1. The van der Waals surface area contributed by atoms with E-state index in [1.165, 1.54) is 44.2 Å². The largest absolute Gasteiger partial charge is 0.364 e. The lowest BCUT2D eigenvalue weighted by atomic mass is 9.96. The zero-order valence-electron chi connectivity index (χ0n) is 15.9. The van der Waals surface area contributed by atoms with Crippen molar-refractivity contribution in [3.63, 3.8) is 0 Å². The SMILES string of the molecule is CCCCCC1=C(CCCCC)N(CCCCC)NN=C1C(N)=O. The Morgan fingerprint density at radius 1 is 0.958 bits per heavy atom. The van der Waals surface area contributed by atoms with Gasteiger partial charge in [0.25, 0.3) is 5.91 Å². The van der Waals surface area contributed by atoms with E-state index in [2.05, 4.69) is 36.4 Å². The van der Waals surface area contributed by atoms with Crippen LogP contribution < -0.4 is 11.3 Å². The summed E-state index contributed by atoms with van der Waals surface area (Å²) in [4.78, 5) is 11.8. The van der Waals surface area contributed by atoms with Gasteiger partial charge in [0.05, 0.1) is 0 Å². The number of hydrazine groups is 1. The van der Waals surface area contributed by atoms with E-state index in [0.29, 0.717) is 5.71 Å². The lowest BCUT2D eigenvalue weighted by molar-refractivity contribution is -0.112. The molecule has 0 aromatic heterocycles. The number of hydrazone groups is 1. The van der Waals surface area contributed by atoms with Crippen molar-refractivity contribution in [1.29, 1.82) is 0 Å². The lowest BCUT2D eigenvalue weighted by Gasteiger charge is -2.33. The number of hydrogen-bond acceptors (Lipinski definition) is 4. The average molecular weight is 337 g/mol. The van der Waals surface area contributed by atoms with Crippen molar-refractivity contribution in [2.45, 2.75) is 91.4 Å². The van der Waals surface area contributed by atoms with Crippen LogP contribution in [0.15, 0.2) is 16.4 Å². The number of nitrogens with two attached hydrogens (primary N) is 1. The number of hydrogen-bond donors (Lipinski definition) is 2. The first kappa shape index (κ1) is 20.5. The normalized spacial score (nSPS) is 14.6. The van der Waals surface area contributed by atoms with Gasteiger partial charge in [-0.1, -0.05) is 59.3 Å².